The first kappa shape index (κ1) is 18.9. The van der Waals surface area contributed by atoms with Crippen LogP contribution in [0.25, 0.3) is 5.69 Å². The maximum Gasteiger partial charge on any atom is 0.196 e. The van der Waals surface area contributed by atoms with E-state index in [9.17, 15) is 0 Å². The normalized spacial score (nSPS) is 13.8. The maximum atomic E-state index is 6.07. The average molecular weight is 388 g/mol. The minimum absolute atomic E-state index is 0.126. The summed E-state index contributed by atoms with van der Waals surface area (Å²) in [6.07, 6.45) is 3.68. The molecule has 1 aromatic carbocycles. The highest BCUT2D eigenvalue weighted by atomic mass is 35.5. The molecule has 5 nitrogen and oxygen atoms in total. The van der Waals surface area contributed by atoms with Gasteiger partial charge in [0.25, 0.3) is 0 Å². The highest BCUT2D eigenvalue weighted by Gasteiger charge is 2.22. The van der Waals surface area contributed by atoms with Crippen molar-refractivity contribution in [2.75, 3.05) is 14.1 Å². The van der Waals surface area contributed by atoms with Gasteiger partial charge in [-0.25, -0.2) is 0 Å². The van der Waals surface area contributed by atoms with Gasteiger partial charge in [0.2, 0.25) is 0 Å². The summed E-state index contributed by atoms with van der Waals surface area (Å²) in [5.74, 6) is 0.901. The second-order valence-electron chi connectivity index (χ2n) is 6.34. The fourth-order valence-electron chi connectivity index (χ4n) is 2.53. The third kappa shape index (κ3) is 4.09. The predicted molar refractivity (Wildman–Crippen MR) is 107 cm³/mol. The van der Waals surface area contributed by atoms with E-state index in [0.29, 0.717) is 5.02 Å². The Morgan fingerprint density at radius 2 is 1.81 bits per heavy atom. The highest BCUT2D eigenvalue weighted by molar-refractivity contribution is 7.99. The Balaban J connectivity index is 2.01. The van der Waals surface area contributed by atoms with Crippen LogP contribution in [-0.2, 0) is 0 Å². The third-order valence-corrected chi connectivity index (χ3v) is 5.68. The largest absolute Gasteiger partial charge is 0.300 e. The molecule has 0 N–H and O–H groups in total. The zero-order valence-electron chi connectivity index (χ0n) is 15.3. The average Bonchev–Trinajstić information content (AvgIpc) is 3.05. The van der Waals surface area contributed by atoms with Gasteiger partial charge >= 0.3 is 0 Å². The number of rotatable bonds is 6. The Bertz CT molecular complexity index is 848. The van der Waals surface area contributed by atoms with Gasteiger partial charge in [-0.05, 0) is 63.8 Å². The van der Waals surface area contributed by atoms with Crippen LogP contribution >= 0.6 is 23.4 Å². The summed E-state index contributed by atoms with van der Waals surface area (Å²) < 4.78 is 2.11. The monoisotopic (exact) mass is 387 g/mol. The summed E-state index contributed by atoms with van der Waals surface area (Å²) in [6, 6.07) is 11.9. The van der Waals surface area contributed by atoms with E-state index >= 15 is 0 Å². The van der Waals surface area contributed by atoms with Crippen LogP contribution in [-0.4, -0.2) is 38.7 Å². The van der Waals surface area contributed by atoms with Crippen molar-refractivity contribution >= 4 is 23.4 Å². The van der Waals surface area contributed by atoms with Crippen LogP contribution < -0.4 is 0 Å². The van der Waals surface area contributed by atoms with Crippen LogP contribution in [0.2, 0.25) is 5.02 Å². The van der Waals surface area contributed by atoms with Gasteiger partial charge in [0.15, 0.2) is 11.0 Å². The Morgan fingerprint density at radius 3 is 2.42 bits per heavy atom. The molecule has 3 aromatic rings. The van der Waals surface area contributed by atoms with E-state index < -0.39 is 0 Å². The number of aromatic nitrogens is 4. The van der Waals surface area contributed by atoms with E-state index in [1.807, 2.05) is 50.6 Å². The topological polar surface area (TPSA) is 46.8 Å². The van der Waals surface area contributed by atoms with Gasteiger partial charge in [-0.3, -0.25) is 14.5 Å². The van der Waals surface area contributed by atoms with Gasteiger partial charge in [-0.15, -0.1) is 10.2 Å². The van der Waals surface area contributed by atoms with Gasteiger partial charge in [-0.1, -0.05) is 29.4 Å². The van der Waals surface area contributed by atoms with E-state index in [1.165, 1.54) is 0 Å². The van der Waals surface area contributed by atoms with Crippen molar-refractivity contribution in [1.82, 2.24) is 24.6 Å². The fourth-order valence-corrected chi connectivity index (χ4v) is 3.64. The van der Waals surface area contributed by atoms with E-state index in [0.717, 1.165) is 22.2 Å². The minimum atomic E-state index is 0.126. The van der Waals surface area contributed by atoms with Crippen LogP contribution in [0.4, 0.5) is 0 Å². The standard InChI is InChI=1S/C19H22ClN5S/c1-13(24(3)4)18-22-23-19(25(18)17-9-7-16(20)8-10-17)26-14(2)15-6-5-11-21-12-15/h5-14H,1-4H3/t13-,14-/m1/s1. The molecule has 0 aliphatic heterocycles. The molecular formula is C19H22ClN5S. The zero-order chi connectivity index (χ0) is 18.7. The van der Waals surface area contributed by atoms with Gasteiger partial charge in [0.05, 0.1) is 6.04 Å². The summed E-state index contributed by atoms with van der Waals surface area (Å²) in [5, 5.41) is 10.7. The van der Waals surface area contributed by atoms with Gasteiger partial charge in [-0.2, -0.15) is 0 Å². The first-order valence-electron chi connectivity index (χ1n) is 8.41. The van der Waals surface area contributed by atoms with E-state index in [4.69, 9.17) is 11.6 Å². The summed E-state index contributed by atoms with van der Waals surface area (Å²) in [4.78, 5) is 6.34. The number of benzene rings is 1. The van der Waals surface area contributed by atoms with Crippen molar-refractivity contribution in [3.63, 3.8) is 0 Å². The number of nitrogens with zero attached hydrogens (tertiary/aromatic N) is 5. The molecule has 136 valence electrons. The number of hydrogen-bond donors (Lipinski definition) is 0. The highest BCUT2D eigenvalue weighted by Crippen LogP contribution is 2.36. The molecule has 26 heavy (non-hydrogen) atoms. The molecule has 0 aliphatic rings. The molecule has 0 fully saturated rings. The van der Waals surface area contributed by atoms with Crippen LogP contribution in [0.5, 0.6) is 0 Å². The van der Waals surface area contributed by atoms with Crippen molar-refractivity contribution in [1.29, 1.82) is 0 Å². The Morgan fingerprint density at radius 1 is 1.08 bits per heavy atom. The Kier molecular flexibility index (Phi) is 5.96. The molecule has 0 bridgehead atoms. The number of halogens is 1. The molecular weight excluding hydrogens is 366 g/mol. The lowest BCUT2D eigenvalue weighted by Crippen LogP contribution is -2.20. The summed E-state index contributed by atoms with van der Waals surface area (Å²) in [5.41, 5.74) is 2.16. The molecule has 0 unspecified atom stereocenters. The third-order valence-electron chi connectivity index (χ3n) is 4.33. The molecule has 2 aromatic heterocycles. The quantitative estimate of drug-likeness (QED) is 0.569. The van der Waals surface area contributed by atoms with Crippen molar-refractivity contribution in [2.24, 2.45) is 0 Å². The van der Waals surface area contributed by atoms with E-state index in [2.05, 4.69) is 44.6 Å². The molecule has 0 saturated heterocycles. The van der Waals surface area contributed by atoms with Gasteiger partial charge < -0.3 is 0 Å². The Labute approximate surface area is 163 Å². The van der Waals surface area contributed by atoms with Crippen molar-refractivity contribution < 1.29 is 0 Å². The number of pyridine rings is 1. The first-order chi connectivity index (χ1) is 12.5. The number of thioether (sulfide) groups is 1. The smallest absolute Gasteiger partial charge is 0.196 e. The summed E-state index contributed by atoms with van der Waals surface area (Å²) in [6.45, 7) is 4.27. The second-order valence-corrected chi connectivity index (χ2v) is 8.08. The second kappa shape index (κ2) is 8.20. The lowest BCUT2D eigenvalue weighted by molar-refractivity contribution is 0.305. The SMILES string of the molecule is C[C@H](c1nnc(S[C@H](C)c2cccnc2)n1-c1ccc(Cl)cc1)N(C)C. The molecule has 3 rings (SSSR count). The minimum Gasteiger partial charge on any atom is -0.300 e. The molecule has 0 saturated carbocycles. The Hall–Kier alpha value is -1.89. The zero-order valence-corrected chi connectivity index (χ0v) is 16.9. The molecule has 2 atom stereocenters. The summed E-state index contributed by atoms with van der Waals surface area (Å²) >= 11 is 7.74. The lowest BCUT2D eigenvalue weighted by atomic mass is 10.2. The van der Waals surface area contributed by atoms with Crippen LogP contribution in [0.3, 0.4) is 0 Å². The number of hydrogen-bond acceptors (Lipinski definition) is 5. The summed E-state index contributed by atoms with van der Waals surface area (Å²) in [7, 11) is 4.08. The van der Waals surface area contributed by atoms with Crippen molar-refractivity contribution in [3.8, 4) is 5.69 Å². The molecule has 7 heteroatoms. The van der Waals surface area contributed by atoms with E-state index in [1.54, 1.807) is 18.0 Å². The van der Waals surface area contributed by atoms with Crippen LogP contribution in [0.1, 0.15) is 36.5 Å². The van der Waals surface area contributed by atoms with E-state index in [-0.39, 0.29) is 11.3 Å². The molecule has 0 radical (unpaired) electrons. The maximum absolute atomic E-state index is 6.07. The van der Waals surface area contributed by atoms with Gasteiger partial charge in [0.1, 0.15) is 0 Å². The van der Waals surface area contributed by atoms with Crippen molar-refractivity contribution in [2.45, 2.75) is 30.3 Å². The molecule has 0 spiro atoms. The van der Waals surface area contributed by atoms with Crippen molar-refractivity contribution in [3.05, 3.63) is 65.2 Å². The fraction of sp³-hybridized carbons (Fsp3) is 0.316. The molecule has 0 aliphatic carbocycles. The lowest BCUT2D eigenvalue weighted by Gasteiger charge is -2.21. The van der Waals surface area contributed by atoms with Gasteiger partial charge in [0, 0.05) is 28.4 Å². The molecule has 2 heterocycles. The predicted octanol–water partition coefficient (Wildman–Crippen LogP) is 4.79. The first-order valence-corrected chi connectivity index (χ1v) is 9.67. The molecule has 0 amide bonds. The van der Waals surface area contributed by atoms with Crippen LogP contribution in [0, 0.1) is 0 Å². The van der Waals surface area contributed by atoms with Crippen LogP contribution in [0.15, 0.2) is 53.9 Å².